The van der Waals surface area contributed by atoms with E-state index in [2.05, 4.69) is 122 Å². The Bertz CT molecular complexity index is 3470. The topological polar surface area (TPSA) is 0 Å². The van der Waals surface area contributed by atoms with Crippen molar-refractivity contribution < 1.29 is 0 Å². The van der Waals surface area contributed by atoms with Gasteiger partial charge in [-0.05, 0) is 145 Å². The maximum absolute atomic E-state index is 2.52. The highest BCUT2D eigenvalue weighted by Crippen LogP contribution is 2.55. The van der Waals surface area contributed by atoms with E-state index in [9.17, 15) is 0 Å². The van der Waals surface area contributed by atoms with Crippen molar-refractivity contribution in [2.24, 2.45) is 0 Å². The van der Waals surface area contributed by atoms with Crippen molar-refractivity contribution in [2.45, 2.75) is 6.92 Å². The van der Waals surface area contributed by atoms with Gasteiger partial charge in [0.15, 0.2) is 0 Å². The SMILES string of the molecule is Cc1ccc2c(c1)sc1c3cc4cc5ccc6c7c8ccccc8c8ccccc8c7c7cc8cc9ccc(c21)c3c9c4c8c5c67. The normalized spacial score (nSPS) is 13.3. The highest BCUT2D eigenvalue weighted by molar-refractivity contribution is 7.27. The molecule has 0 atom stereocenters. The first-order valence-electron chi connectivity index (χ1n) is 16.2. The number of benzene rings is 10. The third kappa shape index (κ3) is 2.36. The molecule has 0 aliphatic heterocycles. The van der Waals surface area contributed by atoms with Crippen LogP contribution in [0.1, 0.15) is 5.56 Å². The van der Waals surface area contributed by atoms with Crippen molar-refractivity contribution in [3.63, 3.8) is 0 Å². The molecule has 12 aromatic carbocycles. The Balaban J connectivity index is 1.32. The van der Waals surface area contributed by atoms with Gasteiger partial charge in [-0.25, -0.2) is 0 Å². The van der Waals surface area contributed by atoms with Crippen LogP contribution in [0.2, 0.25) is 0 Å². The lowest BCUT2D eigenvalue weighted by Crippen LogP contribution is -1.89. The monoisotopic (exact) mass is 594 g/mol. The fourth-order valence-electron chi connectivity index (χ4n) is 9.72. The molecule has 1 heterocycles. The Morgan fingerprint density at radius 3 is 1.50 bits per heavy atom. The fourth-order valence-corrected chi connectivity index (χ4v) is 11.1. The van der Waals surface area contributed by atoms with Crippen molar-refractivity contribution in [3.8, 4) is 0 Å². The van der Waals surface area contributed by atoms with Crippen molar-refractivity contribution >= 4 is 139 Å². The van der Waals surface area contributed by atoms with Gasteiger partial charge in [-0.3, -0.25) is 0 Å². The summed E-state index contributed by atoms with van der Waals surface area (Å²) in [6, 6.07) is 44.6. The van der Waals surface area contributed by atoms with Crippen molar-refractivity contribution in [2.75, 3.05) is 0 Å². The first kappa shape index (κ1) is 22.9. The Morgan fingerprint density at radius 1 is 0.326 bits per heavy atom. The van der Waals surface area contributed by atoms with Crippen LogP contribution in [0.5, 0.6) is 0 Å². The van der Waals surface area contributed by atoms with Gasteiger partial charge in [0.1, 0.15) is 0 Å². The summed E-state index contributed by atoms with van der Waals surface area (Å²) in [7, 11) is 0. The van der Waals surface area contributed by atoms with E-state index in [4.69, 9.17) is 0 Å². The largest absolute Gasteiger partial charge is 0.134 e. The standard InChI is InChI=1S/C45H22S/c1-21-10-13-30-35(16-21)46-45-34-20-25-18-22-11-14-31-40-28-8-4-2-6-26(28)27-7-3-5-9-29(27)41(40)33-19-24-17-23-12-15-32(44(30)45)43(34)37(23)39(25)38(24)36(22)42(31)33/h2-20H,1H3. The summed E-state index contributed by atoms with van der Waals surface area (Å²) < 4.78 is 2.83. The first-order valence-corrected chi connectivity index (χ1v) is 17.0. The van der Waals surface area contributed by atoms with E-state index in [1.807, 2.05) is 11.3 Å². The summed E-state index contributed by atoms with van der Waals surface area (Å²) in [5.74, 6) is 0. The lowest BCUT2D eigenvalue weighted by molar-refractivity contribution is 1.52. The molecule has 13 aromatic rings. The van der Waals surface area contributed by atoms with E-state index in [0.29, 0.717) is 0 Å². The van der Waals surface area contributed by atoms with Gasteiger partial charge in [-0.1, -0.05) is 84.9 Å². The summed E-state index contributed by atoms with van der Waals surface area (Å²) in [5, 5.41) is 30.6. The number of hydrogen-bond donors (Lipinski definition) is 0. The first-order chi connectivity index (χ1) is 22.7. The molecule has 0 fully saturated rings. The molecule has 0 aliphatic carbocycles. The van der Waals surface area contributed by atoms with Gasteiger partial charge in [0.05, 0.1) is 0 Å². The van der Waals surface area contributed by atoms with Gasteiger partial charge in [-0.2, -0.15) is 0 Å². The molecule has 0 saturated heterocycles. The molecule has 46 heavy (non-hydrogen) atoms. The van der Waals surface area contributed by atoms with E-state index in [-0.39, 0.29) is 0 Å². The summed E-state index contributed by atoms with van der Waals surface area (Å²) in [5.41, 5.74) is 1.33. The molecule has 0 saturated carbocycles. The van der Waals surface area contributed by atoms with Crippen molar-refractivity contribution in [1.29, 1.82) is 0 Å². The van der Waals surface area contributed by atoms with Gasteiger partial charge in [0.2, 0.25) is 0 Å². The third-order valence-corrected chi connectivity index (χ3v) is 12.6. The zero-order valence-corrected chi connectivity index (χ0v) is 25.7. The molecular formula is C45H22S. The zero-order chi connectivity index (χ0) is 29.6. The molecule has 0 radical (unpaired) electrons. The number of hydrogen-bond acceptors (Lipinski definition) is 1. The minimum absolute atomic E-state index is 1.33. The summed E-state index contributed by atoms with van der Waals surface area (Å²) >= 11 is 1.96. The molecule has 0 bridgehead atoms. The maximum atomic E-state index is 2.52. The zero-order valence-electron chi connectivity index (χ0n) is 24.9. The Kier molecular flexibility index (Phi) is 3.64. The Labute approximate surface area is 266 Å². The minimum Gasteiger partial charge on any atom is -0.134 e. The predicted octanol–water partition coefficient (Wildman–Crippen LogP) is 13.6. The van der Waals surface area contributed by atoms with Crippen LogP contribution in [0.4, 0.5) is 0 Å². The molecule has 0 amide bonds. The van der Waals surface area contributed by atoms with Crippen LogP contribution in [0, 0.1) is 6.92 Å². The second-order valence-electron chi connectivity index (χ2n) is 13.6. The Hall–Kier alpha value is -5.50. The average Bonchev–Trinajstić information content (AvgIpc) is 3.73. The van der Waals surface area contributed by atoms with Crippen LogP contribution in [-0.4, -0.2) is 0 Å². The van der Waals surface area contributed by atoms with Crippen LogP contribution in [-0.2, 0) is 0 Å². The third-order valence-electron chi connectivity index (χ3n) is 11.4. The van der Waals surface area contributed by atoms with E-state index >= 15 is 0 Å². The molecule has 1 aromatic heterocycles. The summed E-state index contributed by atoms with van der Waals surface area (Å²) in [6.07, 6.45) is 0. The van der Waals surface area contributed by atoms with Gasteiger partial charge in [0.25, 0.3) is 0 Å². The molecule has 208 valence electrons. The molecule has 0 N–H and O–H groups in total. The maximum Gasteiger partial charge on any atom is 0.0440 e. The number of aryl methyl sites for hydroxylation is 1. The molecule has 0 nitrogen and oxygen atoms in total. The number of rotatable bonds is 0. The molecular weight excluding hydrogens is 573 g/mol. The van der Waals surface area contributed by atoms with Crippen molar-refractivity contribution in [1.82, 2.24) is 0 Å². The van der Waals surface area contributed by atoms with E-state index in [1.54, 1.807) is 0 Å². The smallest absolute Gasteiger partial charge is 0.0440 e. The fraction of sp³-hybridized carbons (Fsp3) is 0.0222. The lowest BCUT2D eigenvalue weighted by Gasteiger charge is -2.18. The van der Waals surface area contributed by atoms with E-state index in [0.717, 1.165) is 0 Å². The van der Waals surface area contributed by atoms with Crippen LogP contribution in [0.25, 0.3) is 128 Å². The molecule has 1 heteroatoms. The lowest BCUT2D eigenvalue weighted by atomic mass is 9.85. The number of fused-ring (bicyclic) bond motifs is 13. The van der Waals surface area contributed by atoms with Crippen LogP contribution < -0.4 is 0 Å². The van der Waals surface area contributed by atoms with Crippen LogP contribution in [0.15, 0.2) is 115 Å². The highest BCUT2D eigenvalue weighted by atomic mass is 32.1. The van der Waals surface area contributed by atoms with Crippen LogP contribution >= 0.6 is 11.3 Å². The molecule has 0 aliphatic rings. The molecule has 13 rings (SSSR count). The van der Waals surface area contributed by atoms with Crippen molar-refractivity contribution in [3.05, 3.63) is 121 Å². The second kappa shape index (κ2) is 7.31. The minimum atomic E-state index is 1.33. The van der Waals surface area contributed by atoms with Gasteiger partial charge >= 0.3 is 0 Å². The highest BCUT2D eigenvalue weighted by Gasteiger charge is 2.26. The summed E-state index contributed by atoms with van der Waals surface area (Å²) in [6.45, 7) is 2.20. The second-order valence-corrected chi connectivity index (χ2v) is 14.7. The average molecular weight is 595 g/mol. The van der Waals surface area contributed by atoms with E-state index < -0.39 is 0 Å². The predicted molar refractivity (Wildman–Crippen MR) is 204 cm³/mol. The quantitative estimate of drug-likeness (QED) is 0.121. The van der Waals surface area contributed by atoms with Gasteiger partial charge in [0, 0.05) is 25.6 Å². The van der Waals surface area contributed by atoms with Crippen LogP contribution in [0.3, 0.4) is 0 Å². The molecule has 0 unspecified atom stereocenters. The number of thiophene rings is 1. The summed E-state index contributed by atoms with van der Waals surface area (Å²) in [4.78, 5) is 0. The van der Waals surface area contributed by atoms with Gasteiger partial charge < -0.3 is 0 Å². The Morgan fingerprint density at radius 2 is 0.826 bits per heavy atom. The molecule has 0 spiro atoms. The van der Waals surface area contributed by atoms with E-state index in [1.165, 1.54) is 133 Å². The van der Waals surface area contributed by atoms with Gasteiger partial charge in [-0.15, -0.1) is 11.3 Å².